The number of carbonyl (C=O) groups is 1. The fourth-order valence-electron chi connectivity index (χ4n) is 1.04. The van der Waals surface area contributed by atoms with E-state index >= 15 is 0 Å². The lowest BCUT2D eigenvalue weighted by molar-refractivity contribution is -0.00000987. The molecule has 0 aliphatic heterocycles. The summed E-state index contributed by atoms with van der Waals surface area (Å²) in [5.41, 5.74) is 1.68. The van der Waals surface area contributed by atoms with E-state index in [2.05, 4.69) is 21.1 Å². The smallest absolute Gasteiger partial charge is 0.252 e. The molecule has 1 aromatic rings. The van der Waals surface area contributed by atoms with E-state index in [1.807, 2.05) is 12.1 Å². The summed E-state index contributed by atoms with van der Waals surface area (Å²) in [5, 5.41) is -0.409. The highest BCUT2D eigenvalue weighted by Gasteiger charge is 2.11. The summed E-state index contributed by atoms with van der Waals surface area (Å²) >= 11 is 5.33. The molecule has 0 aliphatic carbocycles. The Morgan fingerprint density at radius 3 is 1.86 bits per heavy atom. The number of rotatable bonds is 2. The SMILES string of the molecule is C[N+](C)(C)c1ccc(C(=O)Cl)cc1.[Cl-]. The van der Waals surface area contributed by atoms with Crippen LogP contribution in [0.5, 0.6) is 0 Å². The number of carbonyl (C=O) groups excluding carboxylic acids is 1. The number of hydrogen-bond donors (Lipinski definition) is 0. The summed E-state index contributed by atoms with van der Waals surface area (Å²) < 4.78 is 0.733. The van der Waals surface area contributed by atoms with Gasteiger partial charge in [0.1, 0.15) is 5.69 Å². The third kappa shape index (κ3) is 3.29. The van der Waals surface area contributed by atoms with Crippen LogP contribution in [0.25, 0.3) is 0 Å². The van der Waals surface area contributed by atoms with Crippen LogP contribution in [0.1, 0.15) is 10.4 Å². The van der Waals surface area contributed by atoms with Crippen molar-refractivity contribution >= 4 is 22.5 Å². The molecule has 4 heteroatoms. The largest absolute Gasteiger partial charge is 1.00 e. The van der Waals surface area contributed by atoms with Gasteiger partial charge in [-0.3, -0.25) is 9.28 Å². The minimum Gasteiger partial charge on any atom is -1.00 e. The van der Waals surface area contributed by atoms with Gasteiger partial charge in [-0.2, -0.15) is 0 Å². The van der Waals surface area contributed by atoms with Gasteiger partial charge in [0.05, 0.1) is 21.1 Å². The molecular formula is C10H13Cl2NO. The molecule has 0 saturated carbocycles. The molecule has 0 N–H and O–H groups in total. The van der Waals surface area contributed by atoms with Crippen molar-refractivity contribution in [2.45, 2.75) is 0 Å². The fourth-order valence-corrected chi connectivity index (χ4v) is 1.17. The third-order valence-electron chi connectivity index (χ3n) is 1.87. The lowest BCUT2D eigenvalue weighted by Crippen LogP contribution is -3.00. The highest BCUT2D eigenvalue weighted by molar-refractivity contribution is 6.67. The van der Waals surface area contributed by atoms with E-state index in [-0.39, 0.29) is 12.4 Å². The maximum Gasteiger partial charge on any atom is 0.252 e. The van der Waals surface area contributed by atoms with Gasteiger partial charge < -0.3 is 12.4 Å². The van der Waals surface area contributed by atoms with Gasteiger partial charge in [0, 0.05) is 5.56 Å². The molecule has 2 nitrogen and oxygen atoms in total. The van der Waals surface area contributed by atoms with Crippen molar-refractivity contribution in [3.63, 3.8) is 0 Å². The summed E-state index contributed by atoms with van der Waals surface area (Å²) in [4.78, 5) is 10.8. The van der Waals surface area contributed by atoms with E-state index in [1.54, 1.807) is 12.1 Å². The van der Waals surface area contributed by atoms with E-state index in [4.69, 9.17) is 11.6 Å². The summed E-state index contributed by atoms with van der Waals surface area (Å²) in [5.74, 6) is 0. The number of quaternary nitrogens is 1. The Hall–Kier alpha value is -0.570. The van der Waals surface area contributed by atoms with Crippen LogP contribution in [-0.4, -0.2) is 26.4 Å². The number of hydrogen-bond acceptors (Lipinski definition) is 1. The highest BCUT2D eigenvalue weighted by atomic mass is 35.5. The molecule has 14 heavy (non-hydrogen) atoms. The Balaban J connectivity index is 0.00000169. The molecule has 0 spiro atoms. The van der Waals surface area contributed by atoms with Crippen molar-refractivity contribution in [1.29, 1.82) is 0 Å². The van der Waals surface area contributed by atoms with E-state index < -0.39 is 5.24 Å². The second-order valence-electron chi connectivity index (χ2n) is 3.83. The number of nitrogens with zero attached hydrogens (tertiary/aromatic N) is 1. The second kappa shape index (κ2) is 4.78. The summed E-state index contributed by atoms with van der Waals surface area (Å²) in [6, 6.07) is 7.31. The molecule has 0 amide bonds. The van der Waals surface area contributed by atoms with E-state index in [9.17, 15) is 4.79 Å². The average molecular weight is 234 g/mol. The Bertz CT molecular complexity index is 314. The van der Waals surface area contributed by atoms with Crippen molar-refractivity contribution in [1.82, 2.24) is 4.48 Å². The van der Waals surface area contributed by atoms with Crippen molar-refractivity contribution in [3.05, 3.63) is 29.8 Å². The zero-order chi connectivity index (χ0) is 10.1. The van der Waals surface area contributed by atoms with Gasteiger partial charge in [0.25, 0.3) is 5.24 Å². The third-order valence-corrected chi connectivity index (χ3v) is 2.09. The van der Waals surface area contributed by atoms with Crippen LogP contribution in [0, 0.1) is 0 Å². The maximum atomic E-state index is 10.8. The van der Waals surface area contributed by atoms with Gasteiger partial charge in [-0.25, -0.2) is 0 Å². The highest BCUT2D eigenvalue weighted by Crippen LogP contribution is 2.17. The molecule has 0 atom stereocenters. The zero-order valence-electron chi connectivity index (χ0n) is 8.42. The van der Waals surface area contributed by atoms with Gasteiger partial charge in [0.15, 0.2) is 0 Å². The Labute approximate surface area is 95.5 Å². The van der Waals surface area contributed by atoms with Gasteiger partial charge >= 0.3 is 0 Å². The maximum absolute atomic E-state index is 10.8. The average Bonchev–Trinajstić information content (AvgIpc) is 2.03. The molecule has 78 valence electrons. The monoisotopic (exact) mass is 233 g/mol. The summed E-state index contributed by atoms with van der Waals surface area (Å²) in [6.07, 6.45) is 0. The molecule has 0 saturated heterocycles. The molecule has 0 radical (unpaired) electrons. The molecular weight excluding hydrogens is 221 g/mol. The first-order valence-electron chi connectivity index (χ1n) is 4.03. The standard InChI is InChI=1S/C10H13ClNO.ClH/c1-12(2,3)9-6-4-8(5-7-9)10(11)13;/h4-7H,1-3H3;1H/q+1;/p-1. The second-order valence-corrected chi connectivity index (χ2v) is 4.18. The van der Waals surface area contributed by atoms with E-state index in [1.165, 1.54) is 0 Å². The van der Waals surface area contributed by atoms with E-state index in [0.29, 0.717) is 5.56 Å². The minimum absolute atomic E-state index is 0. The summed E-state index contributed by atoms with van der Waals surface area (Å²) in [7, 11) is 6.20. The Morgan fingerprint density at radius 1 is 1.14 bits per heavy atom. The number of halogens is 2. The fraction of sp³-hybridized carbons (Fsp3) is 0.300. The van der Waals surface area contributed by atoms with Crippen LogP contribution in [0.3, 0.4) is 0 Å². The molecule has 0 bridgehead atoms. The lowest BCUT2D eigenvalue weighted by Gasteiger charge is -2.23. The predicted molar refractivity (Wildman–Crippen MR) is 56.2 cm³/mol. The number of benzene rings is 1. The quantitative estimate of drug-likeness (QED) is 0.487. The molecule has 0 aliphatic rings. The van der Waals surface area contributed by atoms with Gasteiger partial charge in [-0.15, -0.1) is 0 Å². The zero-order valence-corrected chi connectivity index (χ0v) is 9.93. The van der Waals surface area contributed by atoms with Crippen LogP contribution >= 0.6 is 11.6 Å². The normalized spacial score (nSPS) is 10.6. The Kier molecular flexibility index (Phi) is 4.59. The molecule has 1 aromatic carbocycles. The predicted octanol–water partition coefficient (Wildman–Crippen LogP) is -0.734. The van der Waals surface area contributed by atoms with Crippen LogP contribution in [0.4, 0.5) is 5.69 Å². The first-order valence-corrected chi connectivity index (χ1v) is 4.41. The first-order chi connectivity index (χ1) is 5.91. The van der Waals surface area contributed by atoms with Gasteiger partial charge in [0.2, 0.25) is 0 Å². The van der Waals surface area contributed by atoms with Crippen LogP contribution in [-0.2, 0) is 0 Å². The molecule has 0 unspecified atom stereocenters. The van der Waals surface area contributed by atoms with E-state index in [0.717, 1.165) is 10.2 Å². The summed E-state index contributed by atoms with van der Waals surface area (Å²) in [6.45, 7) is 0. The molecule has 1 rings (SSSR count). The minimum atomic E-state index is -0.409. The molecule has 0 aromatic heterocycles. The van der Waals surface area contributed by atoms with Crippen LogP contribution < -0.4 is 16.9 Å². The Morgan fingerprint density at radius 2 is 1.57 bits per heavy atom. The molecule has 0 fully saturated rings. The topological polar surface area (TPSA) is 17.1 Å². The van der Waals surface area contributed by atoms with Crippen molar-refractivity contribution in [2.24, 2.45) is 0 Å². The van der Waals surface area contributed by atoms with Crippen LogP contribution in [0.15, 0.2) is 24.3 Å². The van der Waals surface area contributed by atoms with Crippen molar-refractivity contribution in [2.75, 3.05) is 21.1 Å². The van der Waals surface area contributed by atoms with Gasteiger partial charge in [-0.05, 0) is 35.9 Å². The first kappa shape index (κ1) is 13.4. The lowest BCUT2D eigenvalue weighted by atomic mass is 10.2. The van der Waals surface area contributed by atoms with Crippen molar-refractivity contribution < 1.29 is 17.2 Å². The van der Waals surface area contributed by atoms with Gasteiger partial charge in [-0.1, -0.05) is 0 Å². The van der Waals surface area contributed by atoms with Crippen molar-refractivity contribution in [3.8, 4) is 0 Å². The molecule has 0 heterocycles. The van der Waals surface area contributed by atoms with Crippen LogP contribution in [0.2, 0.25) is 0 Å².